The van der Waals surface area contributed by atoms with Gasteiger partial charge in [0.25, 0.3) is 10.1 Å². The minimum absolute atomic E-state index is 0.0306. The number of rotatable bonds is 5. The van der Waals surface area contributed by atoms with Gasteiger partial charge in [0, 0.05) is 13.0 Å². The van der Waals surface area contributed by atoms with Crippen LogP contribution in [0.15, 0.2) is 12.2 Å². The van der Waals surface area contributed by atoms with Crippen LogP contribution in [0.2, 0.25) is 0 Å². The second-order valence-corrected chi connectivity index (χ2v) is 5.45. The molecule has 0 fully saturated rings. The van der Waals surface area contributed by atoms with E-state index in [2.05, 4.69) is 0 Å². The minimum atomic E-state index is -4.39. The van der Waals surface area contributed by atoms with Crippen molar-refractivity contribution in [2.75, 3.05) is 6.54 Å². The van der Waals surface area contributed by atoms with Crippen LogP contribution in [0, 0.1) is 0 Å². The topological polar surface area (TPSA) is 144 Å². The Balaban J connectivity index is 2.70. The van der Waals surface area contributed by atoms with Gasteiger partial charge in [0.15, 0.2) is 5.37 Å². The molecule has 1 unspecified atom stereocenters. The maximum Gasteiger partial charge on any atom is 0.290 e. The molecule has 0 radical (unpaired) electrons. The molecule has 102 valence electrons. The quantitative estimate of drug-likeness (QED) is 0.399. The van der Waals surface area contributed by atoms with E-state index in [1.807, 2.05) is 0 Å². The molecule has 1 rings (SSSR count). The van der Waals surface area contributed by atoms with Crippen LogP contribution in [0.4, 0.5) is 0 Å². The average molecular weight is 277 g/mol. The maximum atomic E-state index is 11.8. The standard InChI is InChI=1S/C9H15N3O5S/c10-6(3-4-7(11)13)9(14)12-5-1-2-8(12)18(15,16)17/h1-2,6,8H,3-5,10H2,(H2,11,13)(H,15,16,17)/t6-,8?/m0/s1. The highest BCUT2D eigenvalue weighted by Crippen LogP contribution is 2.16. The molecule has 18 heavy (non-hydrogen) atoms. The van der Waals surface area contributed by atoms with Gasteiger partial charge in [0.1, 0.15) is 0 Å². The van der Waals surface area contributed by atoms with Gasteiger partial charge < -0.3 is 16.4 Å². The third-order valence-corrected chi connectivity index (χ3v) is 3.54. The summed E-state index contributed by atoms with van der Waals surface area (Å²) in [5.74, 6) is -1.24. The van der Waals surface area contributed by atoms with E-state index in [1.54, 1.807) is 0 Å². The minimum Gasteiger partial charge on any atom is -0.370 e. The highest BCUT2D eigenvalue weighted by Gasteiger charge is 2.35. The van der Waals surface area contributed by atoms with Gasteiger partial charge in [-0.2, -0.15) is 8.42 Å². The summed E-state index contributed by atoms with van der Waals surface area (Å²) in [7, 11) is -4.39. The number of hydrogen-bond acceptors (Lipinski definition) is 5. The molecule has 5 N–H and O–H groups in total. The lowest BCUT2D eigenvalue weighted by Crippen LogP contribution is -2.48. The van der Waals surface area contributed by atoms with Crippen LogP contribution in [0.1, 0.15) is 12.8 Å². The maximum absolute atomic E-state index is 11.8. The van der Waals surface area contributed by atoms with Crippen LogP contribution in [-0.4, -0.2) is 47.6 Å². The molecule has 2 amide bonds. The van der Waals surface area contributed by atoms with Crippen molar-refractivity contribution in [3.63, 3.8) is 0 Å². The number of primary amides is 1. The first-order valence-electron chi connectivity index (χ1n) is 5.21. The van der Waals surface area contributed by atoms with Crippen molar-refractivity contribution in [2.45, 2.75) is 24.3 Å². The Labute approximate surface area is 104 Å². The Morgan fingerprint density at radius 1 is 1.50 bits per heavy atom. The molecule has 1 aliphatic rings. The number of carbonyl (C=O) groups excluding carboxylic acids is 2. The molecular formula is C9H15N3O5S. The molecule has 0 saturated heterocycles. The summed E-state index contributed by atoms with van der Waals surface area (Å²) in [4.78, 5) is 23.3. The molecule has 9 heteroatoms. The summed E-state index contributed by atoms with van der Waals surface area (Å²) in [6.07, 6.45) is 2.61. The fraction of sp³-hybridized carbons (Fsp3) is 0.556. The van der Waals surface area contributed by atoms with Crippen molar-refractivity contribution in [3.8, 4) is 0 Å². The van der Waals surface area contributed by atoms with Crippen LogP contribution >= 0.6 is 0 Å². The Bertz CT molecular complexity index is 473. The Kier molecular flexibility index (Phi) is 4.43. The van der Waals surface area contributed by atoms with Crippen molar-refractivity contribution < 1.29 is 22.6 Å². The number of nitrogens with zero attached hydrogens (tertiary/aromatic N) is 1. The van der Waals surface area contributed by atoms with Gasteiger partial charge in [-0.3, -0.25) is 14.1 Å². The van der Waals surface area contributed by atoms with E-state index in [0.29, 0.717) is 0 Å². The number of hydrogen-bond donors (Lipinski definition) is 3. The lowest BCUT2D eigenvalue weighted by Gasteiger charge is -2.25. The zero-order valence-corrected chi connectivity index (χ0v) is 10.3. The molecular weight excluding hydrogens is 262 g/mol. The molecule has 0 spiro atoms. The predicted molar refractivity (Wildman–Crippen MR) is 62.6 cm³/mol. The second kappa shape index (κ2) is 5.46. The molecule has 0 aliphatic carbocycles. The largest absolute Gasteiger partial charge is 0.370 e. The third-order valence-electron chi connectivity index (χ3n) is 2.52. The third kappa shape index (κ3) is 3.52. The Morgan fingerprint density at radius 2 is 2.11 bits per heavy atom. The fourth-order valence-electron chi connectivity index (χ4n) is 1.61. The van der Waals surface area contributed by atoms with E-state index < -0.39 is 33.3 Å². The zero-order chi connectivity index (χ0) is 13.9. The first-order chi connectivity index (χ1) is 8.23. The smallest absolute Gasteiger partial charge is 0.290 e. The van der Waals surface area contributed by atoms with Gasteiger partial charge in [-0.25, -0.2) is 0 Å². The molecule has 0 aromatic carbocycles. The van der Waals surface area contributed by atoms with E-state index >= 15 is 0 Å². The zero-order valence-electron chi connectivity index (χ0n) is 9.52. The predicted octanol–water partition coefficient (Wildman–Crippen LogP) is -1.81. The Hall–Kier alpha value is -1.45. The lowest BCUT2D eigenvalue weighted by molar-refractivity contribution is -0.132. The molecule has 8 nitrogen and oxygen atoms in total. The van der Waals surface area contributed by atoms with Crippen LogP contribution in [-0.2, 0) is 19.7 Å². The number of carbonyl (C=O) groups is 2. The molecule has 0 saturated carbocycles. The molecule has 0 aromatic heterocycles. The second-order valence-electron chi connectivity index (χ2n) is 3.94. The molecule has 1 aliphatic heterocycles. The van der Waals surface area contributed by atoms with Crippen LogP contribution < -0.4 is 11.5 Å². The van der Waals surface area contributed by atoms with Gasteiger partial charge >= 0.3 is 0 Å². The normalized spacial score (nSPS) is 21.0. The van der Waals surface area contributed by atoms with E-state index in [0.717, 1.165) is 4.90 Å². The first-order valence-corrected chi connectivity index (χ1v) is 6.71. The van der Waals surface area contributed by atoms with E-state index in [4.69, 9.17) is 16.0 Å². The van der Waals surface area contributed by atoms with Gasteiger partial charge in [-0.1, -0.05) is 6.08 Å². The molecule has 0 aromatic rings. The summed E-state index contributed by atoms with van der Waals surface area (Å²) < 4.78 is 31.0. The lowest BCUT2D eigenvalue weighted by atomic mass is 10.1. The Morgan fingerprint density at radius 3 is 2.61 bits per heavy atom. The van der Waals surface area contributed by atoms with Crippen LogP contribution in [0.3, 0.4) is 0 Å². The van der Waals surface area contributed by atoms with Gasteiger partial charge in [0.2, 0.25) is 11.8 Å². The van der Waals surface area contributed by atoms with Crippen molar-refractivity contribution in [3.05, 3.63) is 12.2 Å². The van der Waals surface area contributed by atoms with Gasteiger partial charge in [-0.05, 0) is 12.5 Å². The van der Waals surface area contributed by atoms with Crippen molar-refractivity contribution in [1.29, 1.82) is 0 Å². The van der Waals surface area contributed by atoms with Crippen LogP contribution in [0.5, 0.6) is 0 Å². The van der Waals surface area contributed by atoms with Crippen LogP contribution in [0.25, 0.3) is 0 Å². The van der Waals surface area contributed by atoms with Gasteiger partial charge in [0.05, 0.1) is 6.04 Å². The first kappa shape index (κ1) is 14.6. The molecule has 2 atom stereocenters. The number of nitrogens with two attached hydrogens (primary N) is 2. The van der Waals surface area contributed by atoms with Crippen molar-refractivity contribution in [1.82, 2.24) is 4.90 Å². The van der Waals surface area contributed by atoms with E-state index in [9.17, 15) is 18.0 Å². The summed E-state index contributed by atoms with van der Waals surface area (Å²) in [5, 5.41) is -1.41. The van der Waals surface area contributed by atoms with E-state index in [-0.39, 0.29) is 19.4 Å². The highest BCUT2D eigenvalue weighted by atomic mass is 32.2. The summed E-state index contributed by atoms with van der Waals surface area (Å²) in [5.41, 5.74) is 10.5. The average Bonchev–Trinajstić information content (AvgIpc) is 2.72. The fourth-order valence-corrected chi connectivity index (χ4v) is 2.43. The monoisotopic (exact) mass is 277 g/mol. The summed E-state index contributed by atoms with van der Waals surface area (Å²) >= 11 is 0. The SMILES string of the molecule is NC(=O)CC[C@H](N)C(=O)N1CC=CC1S(=O)(=O)O. The van der Waals surface area contributed by atoms with Crippen molar-refractivity contribution in [2.24, 2.45) is 11.5 Å². The summed E-state index contributed by atoms with van der Waals surface area (Å²) in [6, 6.07) is -1.03. The van der Waals surface area contributed by atoms with Gasteiger partial charge in [-0.15, -0.1) is 0 Å². The van der Waals surface area contributed by atoms with Crippen molar-refractivity contribution >= 4 is 21.9 Å². The molecule has 0 bridgehead atoms. The molecule has 1 heterocycles. The number of amides is 2. The van der Waals surface area contributed by atoms with E-state index in [1.165, 1.54) is 12.2 Å². The summed E-state index contributed by atoms with van der Waals surface area (Å²) in [6.45, 7) is 0.0492. The highest BCUT2D eigenvalue weighted by molar-refractivity contribution is 7.86.